The van der Waals surface area contributed by atoms with E-state index in [0.717, 1.165) is 21.2 Å². The van der Waals surface area contributed by atoms with Crippen molar-refractivity contribution < 1.29 is 9.21 Å². The Hall–Kier alpha value is -1.83. The molecule has 2 heterocycles. The first-order valence-electron chi connectivity index (χ1n) is 6.26. The van der Waals surface area contributed by atoms with E-state index in [2.05, 4.69) is 16.5 Å². The van der Waals surface area contributed by atoms with Crippen molar-refractivity contribution in [3.63, 3.8) is 0 Å². The Bertz CT molecular complexity index is 761. The maximum Gasteiger partial charge on any atom is 0.300 e. The van der Waals surface area contributed by atoms with Crippen molar-refractivity contribution in [2.45, 2.75) is 17.0 Å². The Balaban J connectivity index is 1.75. The highest BCUT2D eigenvalue weighted by atomic mass is 32.2. The molecule has 21 heavy (non-hydrogen) atoms. The summed E-state index contributed by atoms with van der Waals surface area (Å²) in [5, 5.41) is 0. The molecule has 3 N–H and O–H groups in total. The molecular weight excluding hydrogens is 306 g/mol. The number of amides is 1. The first kappa shape index (κ1) is 14.1. The third kappa shape index (κ3) is 2.94. The van der Waals surface area contributed by atoms with Gasteiger partial charge in [-0.2, -0.15) is 0 Å². The van der Waals surface area contributed by atoms with Gasteiger partial charge in [0.25, 0.3) is 0 Å². The number of nitrogens with two attached hydrogens (primary N) is 1. The largest absolute Gasteiger partial charge is 0.456 e. The smallest absolute Gasteiger partial charge is 0.300 e. The number of rotatable bonds is 4. The topological polar surface area (TPSA) is 81.2 Å². The number of furan rings is 1. The SMILES string of the molecule is Cc1oc(C(=O)NN)cc1CSc1nc2ccccc2s1. The van der Waals surface area contributed by atoms with Gasteiger partial charge < -0.3 is 4.42 Å². The lowest BCUT2D eigenvalue weighted by Crippen LogP contribution is -2.29. The molecule has 0 spiro atoms. The third-order valence-electron chi connectivity index (χ3n) is 3.00. The van der Waals surface area contributed by atoms with Crippen molar-refractivity contribution >= 4 is 39.2 Å². The molecule has 0 bridgehead atoms. The summed E-state index contributed by atoms with van der Waals surface area (Å²) >= 11 is 3.29. The van der Waals surface area contributed by atoms with Crippen molar-refractivity contribution in [1.82, 2.24) is 10.4 Å². The van der Waals surface area contributed by atoms with Gasteiger partial charge in [-0.1, -0.05) is 23.9 Å². The summed E-state index contributed by atoms with van der Waals surface area (Å²) < 4.78 is 7.57. The van der Waals surface area contributed by atoms with Crippen LogP contribution in [-0.4, -0.2) is 10.9 Å². The van der Waals surface area contributed by atoms with Gasteiger partial charge in [0.1, 0.15) is 5.76 Å². The lowest BCUT2D eigenvalue weighted by Gasteiger charge is -1.95. The maximum absolute atomic E-state index is 11.4. The van der Waals surface area contributed by atoms with E-state index in [0.29, 0.717) is 5.75 Å². The number of aryl methyl sites for hydroxylation is 1. The number of hydrogen-bond acceptors (Lipinski definition) is 6. The Labute approximate surface area is 129 Å². The van der Waals surface area contributed by atoms with E-state index in [-0.39, 0.29) is 5.76 Å². The molecule has 2 aromatic heterocycles. The summed E-state index contributed by atoms with van der Waals surface area (Å²) in [6.45, 7) is 1.83. The van der Waals surface area contributed by atoms with Crippen LogP contribution in [0.3, 0.4) is 0 Å². The van der Waals surface area contributed by atoms with Gasteiger partial charge in [-0.05, 0) is 25.1 Å². The quantitative estimate of drug-likeness (QED) is 0.334. The second kappa shape index (κ2) is 5.88. The van der Waals surface area contributed by atoms with E-state index in [1.807, 2.05) is 25.1 Å². The summed E-state index contributed by atoms with van der Waals surface area (Å²) in [7, 11) is 0. The normalized spacial score (nSPS) is 11.0. The number of thiazole rings is 1. The Morgan fingerprint density at radius 3 is 3.05 bits per heavy atom. The number of fused-ring (bicyclic) bond motifs is 1. The van der Waals surface area contributed by atoms with Gasteiger partial charge in [0.05, 0.1) is 10.2 Å². The van der Waals surface area contributed by atoms with Crippen LogP contribution in [0.25, 0.3) is 10.2 Å². The molecule has 0 fully saturated rings. The van der Waals surface area contributed by atoms with Gasteiger partial charge in [0.2, 0.25) is 0 Å². The van der Waals surface area contributed by atoms with Crippen LogP contribution in [0.5, 0.6) is 0 Å². The minimum absolute atomic E-state index is 0.231. The molecule has 1 amide bonds. The van der Waals surface area contributed by atoms with Gasteiger partial charge in [0.15, 0.2) is 10.1 Å². The van der Waals surface area contributed by atoms with E-state index in [1.165, 1.54) is 4.70 Å². The standard InChI is InChI=1S/C14H13N3O2S2/c1-8-9(6-11(19-8)13(18)17-15)7-20-14-16-10-4-2-3-5-12(10)21-14/h2-6H,7,15H2,1H3,(H,17,18). The first-order valence-corrected chi connectivity index (χ1v) is 8.06. The summed E-state index contributed by atoms with van der Waals surface area (Å²) in [5.41, 5.74) is 4.05. The molecule has 0 radical (unpaired) electrons. The highest BCUT2D eigenvalue weighted by Crippen LogP contribution is 2.32. The number of carbonyl (C=O) groups excluding carboxylic acids is 1. The van der Waals surface area contributed by atoms with Crippen LogP contribution in [0.15, 0.2) is 39.1 Å². The molecule has 7 heteroatoms. The van der Waals surface area contributed by atoms with Crippen molar-refractivity contribution in [2.24, 2.45) is 5.84 Å². The van der Waals surface area contributed by atoms with Gasteiger partial charge in [-0.15, -0.1) is 11.3 Å². The third-order valence-corrected chi connectivity index (χ3v) is 5.23. The van der Waals surface area contributed by atoms with Crippen LogP contribution in [-0.2, 0) is 5.75 Å². The summed E-state index contributed by atoms with van der Waals surface area (Å²) in [5.74, 6) is 6.33. The monoisotopic (exact) mass is 319 g/mol. The number of thioether (sulfide) groups is 1. The van der Waals surface area contributed by atoms with E-state index in [4.69, 9.17) is 10.3 Å². The molecule has 108 valence electrons. The van der Waals surface area contributed by atoms with Crippen LogP contribution in [0.2, 0.25) is 0 Å². The minimum atomic E-state index is -0.422. The second-order valence-electron chi connectivity index (χ2n) is 4.40. The fourth-order valence-corrected chi connectivity index (χ4v) is 4.01. The van der Waals surface area contributed by atoms with Crippen molar-refractivity contribution in [3.8, 4) is 0 Å². The molecule has 0 aliphatic heterocycles. The molecule has 3 rings (SSSR count). The van der Waals surface area contributed by atoms with Crippen LogP contribution >= 0.6 is 23.1 Å². The zero-order valence-electron chi connectivity index (χ0n) is 11.3. The molecular formula is C14H13N3O2S2. The molecule has 1 aromatic carbocycles. The Kier molecular flexibility index (Phi) is 3.96. The number of para-hydroxylation sites is 1. The number of carbonyl (C=O) groups is 1. The lowest BCUT2D eigenvalue weighted by atomic mass is 10.3. The van der Waals surface area contributed by atoms with Gasteiger partial charge in [-0.25, -0.2) is 10.8 Å². The predicted octanol–water partition coefficient (Wildman–Crippen LogP) is 3.09. The Morgan fingerprint density at radius 2 is 2.29 bits per heavy atom. The zero-order valence-corrected chi connectivity index (χ0v) is 12.9. The van der Waals surface area contributed by atoms with E-state index < -0.39 is 5.91 Å². The molecule has 0 atom stereocenters. The van der Waals surface area contributed by atoms with Crippen LogP contribution in [0.4, 0.5) is 0 Å². The van der Waals surface area contributed by atoms with Crippen molar-refractivity contribution in [1.29, 1.82) is 0 Å². The van der Waals surface area contributed by atoms with Crippen molar-refractivity contribution in [3.05, 3.63) is 47.4 Å². The fraction of sp³-hybridized carbons (Fsp3) is 0.143. The number of nitrogen functional groups attached to an aromatic ring is 1. The van der Waals surface area contributed by atoms with Crippen LogP contribution in [0, 0.1) is 6.92 Å². The number of aromatic nitrogens is 1. The molecule has 3 aromatic rings. The minimum Gasteiger partial charge on any atom is -0.456 e. The summed E-state index contributed by atoms with van der Waals surface area (Å²) in [4.78, 5) is 16.0. The highest BCUT2D eigenvalue weighted by Gasteiger charge is 2.14. The Morgan fingerprint density at radius 1 is 1.48 bits per heavy atom. The molecule has 0 aliphatic carbocycles. The van der Waals surface area contributed by atoms with Crippen LogP contribution in [0.1, 0.15) is 21.9 Å². The van der Waals surface area contributed by atoms with Crippen LogP contribution < -0.4 is 11.3 Å². The van der Waals surface area contributed by atoms with E-state index in [9.17, 15) is 4.79 Å². The fourth-order valence-electron chi connectivity index (χ4n) is 1.90. The first-order chi connectivity index (χ1) is 10.2. The van der Waals surface area contributed by atoms with Crippen molar-refractivity contribution in [2.75, 3.05) is 0 Å². The lowest BCUT2D eigenvalue weighted by molar-refractivity contribution is 0.0924. The zero-order chi connectivity index (χ0) is 14.8. The summed E-state index contributed by atoms with van der Waals surface area (Å²) in [6.07, 6.45) is 0. The molecule has 0 saturated heterocycles. The van der Waals surface area contributed by atoms with E-state index in [1.54, 1.807) is 29.2 Å². The second-order valence-corrected chi connectivity index (χ2v) is 6.65. The number of nitrogens with one attached hydrogen (secondary N) is 1. The van der Waals surface area contributed by atoms with E-state index >= 15 is 0 Å². The van der Waals surface area contributed by atoms with Gasteiger partial charge in [0, 0.05) is 11.3 Å². The van der Waals surface area contributed by atoms with Gasteiger partial charge in [-0.3, -0.25) is 10.2 Å². The molecule has 5 nitrogen and oxygen atoms in total. The number of benzene rings is 1. The average molecular weight is 319 g/mol. The number of nitrogens with zero attached hydrogens (tertiary/aromatic N) is 1. The molecule has 0 saturated carbocycles. The summed E-state index contributed by atoms with van der Waals surface area (Å²) in [6, 6.07) is 9.77. The predicted molar refractivity (Wildman–Crippen MR) is 84.3 cm³/mol. The maximum atomic E-state index is 11.4. The number of hydrazine groups is 1. The van der Waals surface area contributed by atoms with Gasteiger partial charge >= 0.3 is 5.91 Å². The molecule has 0 aliphatic rings. The average Bonchev–Trinajstić information content (AvgIpc) is 3.07. The number of hydrogen-bond donors (Lipinski definition) is 2. The highest BCUT2D eigenvalue weighted by molar-refractivity contribution is 8.00. The molecule has 0 unspecified atom stereocenters.